The Kier molecular flexibility index (Phi) is 3.50. The molecular formula is C11H15N3O4. The molecule has 1 aliphatic rings. The van der Waals surface area contributed by atoms with E-state index in [0.29, 0.717) is 18.8 Å². The van der Waals surface area contributed by atoms with Crippen LogP contribution in [0.1, 0.15) is 29.6 Å². The van der Waals surface area contributed by atoms with E-state index in [1.165, 1.54) is 10.0 Å². The van der Waals surface area contributed by atoms with Gasteiger partial charge in [-0.1, -0.05) is 5.16 Å². The van der Waals surface area contributed by atoms with Crippen LogP contribution in [0.2, 0.25) is 0 Å². The van der Waals surface area contributed by atoms with Crippen LogP contribution in [-0.2, 0) is 4.74 Å². The van der Waals surface area contributed by atoms with Gasteiger partial charge in [-0.15, -0.1) is 0 Å². The summed E-state index contributed by atoms with van der Waals surface area (Å²) in [7, 11) is 0. The van der Waals surface area contributed by atoms with Crippen molar-refractivity contribution in [2.45, 2.75) is 20.3 Å². The van der Waals surface area contributed by atoms with Crippen LogP contribution in [0.3, 0.4) is 0 Å². The van der Waals surface area contributed by atoms with Gasteiger partial charge in [-0.2, -0.15) is 0 Å². The Morgan fingerprint density at radius 2 is 2.17 bits per heavy atom. The first-order valence-electron chi connectivity index (χ1n) is 5.83. The highest BCUT2D eigenvalue weighted by atomic mass is 16.6. The van der Waals surface area contributed by atoms with Gasteiger partial charge < -0.3 is 9.26 Å². The lowest BCUT2D eigenvalue weighted by molar-refractivity contribution is 0.0139. The number of nitrogens with zero attached hydrogens (tertiary/aromatic N) is 3. The Hall–Kier alpha value is -2.05. The maximum Gasteiger partial charge on any atom is 0.428 e. The van der Waals surface area contributed by atoms with Crippen LogP contribution >= 0.6 is 0 Å². The van der Waals surface area contributed by atoms with E-state index in [2.05, 4.69) is 5.16 Å². The molecule has 0 saturated carbocycles. The Labute approximate surface area is 104 Å². The number of carbonyl (C=O) groups excluding carboxylic acids is 2. The molecule has 1 aromatic heterocycles. The summed E-state index contributed by atoms with van der Waals surface area (Å²) >= 11 is 0. The SMILES string of the molecule is CCOC(=O)N1CCCN1C(=O)c1cc(C)on1. The van der Waals surface area contributed by atoms with Crippen LogP contribution in [0.4, 0.5) is 4.79 Å². The number of hydrazine groups is 1. The van der Waals surface area contributed by atoms with Crippen LogP contribution in [0.5, 0.6) is 0 Å². The van der Waals surface area contributed by atoms with E-state index < -0.39 is 6.09 Å². The minimum Gasteiger partial charge on any atom is -0.448 e. The molecule has 18 heavy (non-hydrogen) atoms. The number of aromatic nitrogens is 1. The lowest BCUT2D eigenvalue weighted by Gasteiger charge is -2.25. The molecule has 0 aliphatic carbocycles. The van der Waals surface area contributed by atoms with E-state index in [4.69, 9.17) is 9.26 Å². The lowest BCUT2D eigenvalue weighted by Crippen LogP contribution is -2.45. The minimum absolute atomic E-state index is 0.198. The number of hydrogen-bond acceptors (Lipinski definition) is 5. The molecule has 1 saturated heterocycles. The molecule has 98 valence electrons. The molecule has 0 aromatic carbocycles. The van der Waals surface area contributed by atoms with E-state index in [0.717, 1.165) is 6.42 Å². The van der Waals surface area contributed by atoms with Crippen molar-refractivity contribution in [3.8, 4) is 0 Å². The zero-order valence-corrected chi connectivity index (χ0v) is 10.4. The second kappa shape index (κ2) is 5.07. The van der Waals surface area contributed by atoms with Crippen molar-refractivity contribution in [3.63, 3.8) is 0 Å². The quantitative estimate of drug-likeness (QED) is 0.791. The number of rotatable bonds is 2. The summed E-state index contributed by atoms with van der Waals surface area (Å²) in [6.07, 6.45) is 0.213. The average Bonchev–Trinajstić information content (AvgIpc) is 2.96. The largest absolute Gasteiger partial charge is 0.448 e. The molecule has 1 aromatic rings. The van der Waals surface area contributed by atoms with Gasteiger partial charge in [0.05, 0.1) is 6.61 Å². The molecule has 1 aliphatic heterocycles. The smallest absolute Gasteiger partial charge is 0.428 e. The third kappa shape index (κ3) is 2.29. The number of amides is 2. The van der Waals surface area contributed by atoms with E-state index in [9.17, 15) is 9.59 Å². The second-order valence-electron chi connectivity index (χ2n) is 3.93. The van der Waals surface area contributed by atoms with E-state index in [1.54, 1.807) is 19.9 Å². The van der Waals surface area contributed by atoms with Gasteiger partial charge in [-0.25, -0.2) is 14.8 Å². The molecule has 0 N–H and O–H groups in total. The summed E-state index contributed by atoms with van der Waals surface area (Å²) in [5, 5.41) is 6.30. The maximum atomic E-state index is 12.1. The Balaban J connectivity index is 2.11. The van der Waals surface area contributed by atoms with Gasteiger partial charge >= 0.3 is 6.09 Å². The van der Waals surface area contributed by atoms with Crippen LogP contribution in [0, 0.1) is 6.92 Å². The van der Waals surface area contributed by atoms with Gasteiger partial charge in [-0.05, 0) is 20.3 Å². The Morgan fingerprint density at radius 3 is 2.78 bits per heavy atom. The summed E-state index contributed by atoms with van der Waals surface area (Å²) < 4.78 is 9.75. The van der Waals surface area contributed by atoms with Crippen molar-refractivity contribution in [3.05, 3.63) is 17.5 Å². The molecule has 0 unspecified atom stereocenters. The highest BCUT2D eigenvalue weighted by molar-refractivity contribution is 5.93. The summed E-state index contributed by atoms with van der Waals surface area (Å²) in [5.41, 5.74) is 0.198. The van der Waals surface area contributed by atoms with Crippen LogP contribution in [0.15, 0.2) is 10.6 Å². The molecular weight excluding hydrogens is 238 g/mol. The average molecular weight is 253 g/mol. The number of hydrogen-bond donors (Lipinski definition) is 0. The van der Waals surface area contributed by atoms with Gasteiger partial charge in [0.25, 0.3) is 5.91 Å². The van der Waals surface area contributed by atoms with E-state index >= 15 is 0 Å². The first kappa shape index (κ1) is 12.4. The van der Waals surface area contributed by atoms with Crippen molar-refractivity contribution < 1.29 is 18.8 Å². The van der Waals surface area contributed by atoms with E-state index in [-0.39, 0.29) is 18.2 Å². The highest BCUT2D eigenvalue weighted by Crippen LogP contribution is 2.16. The Morgan fingerprint density at radius 1 is 1.44 bits per heavy atom. The Bertz CT molecular complexity index is 457. The van der Waals surface area contributed by atoms with Gasteiger partial charge in [0.2, 0.25) is 0 Å². The molecule has 0 atom stereocenters. The molecule has 0 bridgehead atoms. The molecule has 0 radical (unpaired) electrons. The summed E-state index contributed by atoms with van der Waals surface area (Å²) in [6.45, 7) is 4.66. The predicted octanol–water partition coefficient (Wildman–Crippen LogP) is 1.20. The zero-order valence-electron chi connectivity index (χ0n) is 10.4. The first-order valence-corrected chi connectivity index (χ1v) is 5.83. The van der Waals surface area contributed by atoms with Crippen molar-refractivity contribution >= 4 is 12.0 Å². The fourth-order valence-corrected chi connectivity index (χ4v) is 1.81. The summed E-state index contributed by atoms with van der Waals surface area (Å²) in [5.74, 6) is 0.206. The van der Waals surface area contributed by atoms with Crippen molar-refractivity contribution in [2.24, 2.45) is 0 Å². The predicted molar refractivity (Wildman–Crippen MR) is 60.6 cm³/mol. The normalized spacial score (nSPS) is 15.0. The third-order valence-corrected chi connectivity index (χ3v) is 2.59. The molecule has 7 nitrogen and oxygen atoms in total. The van der Waals surface area contributed by atoms with Crippen LogP contribution in [0.25, 0.3) is 0 Å². The molecule has 0 spiro atoms. The second-order valence-corrected chi connectivity index (χ2v) is 3.93. The van der Waals surface area contributed by atoms with Gasteiger partial charge in [0.1, 0.15) is 5.76 Å². The number of carbonyl (C=O) groups is 2. The van der Waals surface area contributed by atoms with Crippen LogP contribution < -0.4 is 0 Å². The minimum atomic E-state index is -0.511. The van der Waals surface area contributed by atoms with Crippen molar-refractivity contribution in [2.75, 3.05) is 19.7 Å². The fraction of sp³-hybridized carbons (Fsp3) is 0.545. The third-order valence-electron chi connectivity index (χ3n) is 2.59. The highest BCUT2D eigenvalue weighted by Gasteiger charge is 2.33. The topological polar surface area (TPSA) is 75.9 Å². The monoisotopic (exact) mass is 253 g/mol. The first-order chi connectivity index (χ1) is 8.63. The zero-order chi connectivity index (χ0) is 13.1. The number of aryl methyl sites for hydroxylation is 1. The molecule has 2 heterocycles. The standard InChI is InChI=1S/C11H15N3O4/c1-3-17-11(16)14-6-4-5-13(14)10(15)9-7-8(2)18-12-9/h7H,3-6H2,1-2H3. The molecule has 2 amide bonds. The van der Waals surface area contributed by atoms with Gasteiger partial charge in [-0.3, -0.25) is 4.79 Å². The summed E-state index contributed by atoms with van der Waals surface area (Å²) in [6, 6.07) is 1.55. The van der Waals surface area contributed by atoms with E-state index in [1.807, 2.05) is 0 Å². The van der Waals surface area contributed by atoms with Crippen molar-refractivity contribution in [1.82, 2.24) is 15.2 Å². The lowest BCUT2D eigenvalue weighted by atomic mass is 10.3. The maximum absolute atomic E-state index is 12.1. The van der Waals surface area contributed by atoms with Gasteiger partial charge in [0, 0.05) is 19.2 Å². The van der Waals surface area contributed by atoms with Crippen molar-refractivity contribution in [1.29, 1.82) is 0 Å². The van der Waals surface area contributed by atoms with Crippen LogP contribution in [-0.4, -0.2) is 46.9 Å². The molecule has 2 rings (SSSR count). The number of ether oxygens (including phenoxy) is 1. The van der Waals surface area contributed by atoms with Gasteiger partial charge in [0.15, 0.2) is 5.69 Å². The summed E-state index contributed by atoms with van der Waals surface area (Å²) in [4.78, 5) is 23.8. The molecule has 7 heteroatoms. The molecule has 1 fully saturated rings. The fourth-order valence-electron chi connectivity index (χ4n) is 1.81.